The smallest absolute Gasteiger partial charge is 0.201 e. The first-order valence-electron chi connectivity index (χ1n) is 12.9. The molecule has 3 aromatic rings. The van der Waals surface area contributed by atoms with Crippen molar-refractivity contribution in [2.24, 2.45) is 11.3 Å². The minimum atomic E-state index is -0.351. The summed E-state index contributed by atoms with van der Waals surface area (Å²) in [6.07, 6.45) is 1.96. The van der Waals surface area contributed by atoms with Crippen LogP contribution < -0.4 is 24.3 Å². The average molecular weight is 551 g/mol. The fourth-order valence-electron chi connectivity index (χ4n) is 4.94. The van der Waals surface area contributed by atoms with Gasteiger partial charge in [-0.1, -0.05) is 66.6 Å². The number of rotatable bonds is 12. The van der Waals surface area contributed by atoms with E-state index in [9.17, 15) is 9.59 Å². The van der Waals surface area contributed by atoms with Crippen LogP contribution in [0.4, 0.5) is 0 Å². The van der Waals surface area contributed by atoms with E-state index < -0.39 is 0 Å². The summed E-state index contributed by atoms with van der Waals surface area (Å²) >= 11 is 0. The van der Waals surface area contributed by atoms with E-state index in [1.165, 1.54) is 28.4 Å². The highest BCUT2D eigenvalue weighted by molar-refractivity contribution is 7.47. The van der Waals surface area contributed by atoms with E-state index in [2.05, 4.69) is 27.7 Å². The minimum Gasteiger partial charge on any atom is -0.496 e. The van der Waals surface area contributed by atoms with Gasteiger partial charge in [0, 0.05) is 11.1 Å². The molecule has 0 bridgehead atoms. The summed E-state index contributed by atoms with van der Waals surface area (Å²) in [6, 6.07) is 15.8. The summed E-state index contributed by atoms with van der Waals surface area (Å²) in [5.41, 5.74) is 1.38. The maximum absolute atomic E-state index is 14.4. The van der Waals surface area contributed by atoms with Crippen LogP contribution >= 0.6 is 8.58 Å². The Kier molecular flexibility index (Phi) is 10.2. The Morgan fingerprint density at radius 2 is 1.13 bits per heavy atom. The molecule has 0 aliphatic rings. The van der Waals surface area contributed by atoms with E-state index in [1.807, 2.05) is 12.1 Å². The highest BCUT2D eigenvalue weighted by Crippen LogP contribution is 2.36. The Bertz CT molecular complexity index is 1280. The summed E-state index contributed by atoms with van der Waals surface area (Å²) in [7, 11) is 6.36. The van der Waals surface area contributed by atoms with Crippen molar-refractivity contribution in [2.75, 3.05) is 34.6 Å². The van der Waals surface area contributed by atoms with Crippen LogP contribution in [-0.4, -0.2) is 46.2 Å². The monoisotopic (exact) mass is 550 g/mol. The molecule has 0 aromatic heterocycles. The Morgan fingerprint density at radius 1 is 0.692 bits per heavy atom. The summed E-state index contributed by atoms with van der Waals surface area (Å²) < 4.78 is 22.2. The van der Waals surface area contributed by atoms with E-state index in [0.29, 0.717) is 43.1 Å². The number of hydrogen-bond acceptors (Lipinski definition) is 6. The Morgan fingerprint density at radius 3 is 1.56 bits per heavy atom. The number of ketones is 2. The summed E-state index contributed by atoms with van der Waals surface area (Å²) in [4.78, 5) is 28.6. The van der Waals surface area contributed by atoms with Crippen LogP contribution in [0.25, 0.3) is 0 Å². The molecule has 39 heavy (non-hydrogen) atoms. The Labute approximate surface area is 233 Å². The highest BCUT2D eigenvalue weighted by Gasteiger charge is 2.30. The zero-order chi connectivity index (χ0) is 28.7. The van der Waals surface area contributed by atoms with Crippen molar-refractivity contribution in [3.63, 3.8) is 0 Å². The van der Waals surface area contributed by atoms with Gasteiger partial charge >= 0.3 is 0 Å². The molecule has 208 valence electrons. The largest absolute Gasteiger partial charge is 0.496 e. The molecule has 7 heteroatoms. The van der Waals surface area contributed by atoms with Crippen LogP contribution in [0.3, 0.4) is 0 Å². The maximum atomic E-state index is 14.4. The molecule has 0 heterocycles. The first-order chi connectivity index (χ1) is 18.6. The zero-order valence-electron chi connectivity index (χ0n) is 24.1. The van der Waals surface area contributed by atoms with Crippen LogP contribution in [0.15, 0.2) is 54.6 Å². The Balaban J connectivity index is 2.23. The van der Waals surface area contributed by atoms with Gasteiger partial charge in [-0.2, -0.15) is 0 Å². The molecular formula is C32H39O6P. The fraction of sp³-hybridized carbons (Fsp3) is 0.375. The number of methoxy groups -OCH3 is 4. The summed E-state index contributed by atoms with van der Waals surface area (Å²) in [5, 5.41) is 0.827. The van der Waals surface area contributed by atoms with Gasteiger partial charge in [0.15, 0.2) is 0 Å². The van der Waals surface area contributed by atoms with Gasteiger partial charge in [0.05, 0.1) is 28.4 Å². The third-order valence-corrected chi connectivity index (χ3v) is 8.15. The second-order valence-electron chi connectivity index (χ2n) is 10.7. The predicted molar refractivity (Wildman–Crippen MR) is 158 cm³/mol. The third kappa shape index (κ3) is 6.99. The molecule has 0 aliphatic heterocycles. The molecule has 0 amide bonds. The zero-order valence-corrected chi connectivity index (χ0v) is 25.1. The van der Waals surface area contributed by atoms with Crippen LogP contribution in [0, 0.1) is 11.3 Å². The van der Waals surface area contributed by atoms with Gasteiger partial charge in [-0.3, -0.25) is 9.59 Å². The molecular weight excluding hydrogens is 511 g/mol. The lowest BCUT2D eigenvalue weighted by Crippen LogP contribution is -2.22. The molecule has 0 N–H and O–H groups in total. The number of carbonyl (C=O) groups excluding carboxylic acids is 2. The van der Waals surface area contributed by atoms with Crippen molar-refractivity contribution in [3.8, 4) is 23.0 Å². The minimum absolute atomic E-state index is 0.200. The molecule has 0 saturated heterocycles. The van der Waals surface area contributed by atoms with Crippen LogP contribution in [0.5, 0.6) is 23.0 Å². The van der Waals surface area contributed by atoms with Gasteiger partial charge in [0.1, 0.15) is 34.1 Å². The van der Waals surface area contributed by atoms with Crippen LogP contribution in [0.1, 0.15) is 66.0 Å². The quantitative estimate of drug-likeness (QED) is 0.188. The van der Waals surface area contributed by atoms with E-state index >= 15 is 0 Å². The lowest BCUT2D eigenvalue weighted by Gasteiger charge is -2.24. The third-order valence-electron chi connectivity index (χ3n) is 6.45. The topological polar surface area (TPSA) is 71.1 Å². The normalized spacial score (nSPS) is 12.3. The van der Waals surface area contributed by atoms with Crippen molar-refractivity contribution >= 4 is 25.5 Å². The van der Waals surface area contributed by atoms with Crippen molar-refractivity contribution in [2.45, 2.75) is 34.1 Å². The summed E-state index contributed by atoms with van der Waals surface area (Å²) in [5.74, 6) is 1.28. The van der Waals surface area contributed by atoms with E-state index in [4.69, 9.17) is 18.9 Å². The van der Waals surface area contributed by atoms with Crippen molar-refractivity contribution in [1.29, 1.82) is 0 Å². The van der Waals surface area contributed by atoms with Crippen molar-refractivity contribution in [1.82, 2.24) is 0 Å². The maximum Gasteiger partial charge on any atom is 0.201 e. The second-order valence-corrected chi connectivity index (χ2v) is 12.0. The van der Waals surface area contributed by atoms with E-state index in [-0.39, 0.29) is 33.7 Å². The lowest BCUT2D eigenvalue weighted by molar-refractivity contribution is 0.0997. The number of benzene rings is 3. The molecule has 3 rings (SSSR count). The van der Waals surface area contributed by atoms with Crippen molar-refractivity contribution in [3.05, 3.63) is 76.9 Å². The fourth-order valence-corrected chi connectivity index (χ4v) is 6.30. The van der Waals surface area contributed by atoms with Crippen molar-refractivity contribution < 1.29 is 28.5 Å². The second kappa shape index (κ2) is 13.1. The Hall–Kier alpha value is -3.37. The standard InChI is InChI=1S/C32H39O6P/c1-20(18-32(2,3)4)19-39-26-17-9-12-21(30(33)28-22(35-5)13-10-14-23(28)36-6)27(26)31(34)29-24(37-7)15-11-16-25(29)38-8/h9-17,20,39H,18-19H2,1-8H3. The number of carbonyl (C=O) groups is 2. The molecule has 0 aliphatic carbocycles. The average Bonchev–Trinajstić information content (AvgIpc) is 2.93. The molecule has 0 saturated carbocycles. The van der Waals surface area contributed by atoms with Gasteiger partial charge in [0.25, 0.3) is 0 Å². The number of hydrogen-bond donors (Lipinski definition) is 0. The first kappa shape index (κ1) is 30.2. The predicted octanol–water partition coefficient (Wildman–Crippen LogP) is 6.56. The van der Waals surface area contributed by atoms with E-state index in [0.717, 1.165) is 17.9 Å². The highest BCUT2D eigenvalue weighted by atomic mass is 31.1. The SMILES string of the molecule is COc1cccc(OC)c1C(=O)c1cccc(PCC(C)CC(C)(C)C)c1C(=O)c1c(OC)cccc1OC. The van der Waals surface area contributed by atoms with Gasteiger partial charge in [0.2, 0.25) is 11.6 Å². The lowest BCUT2D eigenvalue weighted by atomic mass is 9.86. The molecule has 2 atom stereocenters. The van der Waals surface area contributed by atoms with Gasteiger partial charge < -0.3 is 18.9 Å². The van der Waals surface area contributed by atoms with Gasteiger partial charge in [-0.25, -0.2) is 0 Å². The molecule has 0 radical (unpaired) electrons. The molecule has 6 nitrogen and oxygen atoms in total. The van der Waals surface area contributed by atoms with Gasteiger partial charge in [-0.15, -0.1) is 0 Å². The van der Waals surface area contributed by atoms with Crippen LogP contribution in [0.2, 0.25) is 0 Å². The number of ether oxygens (including phenoxy) is 4. The van der Waals surface area contributed by atoms with Crippen LogP contribution in [-0.2, 0) is 0 Å². The summed E-state index contributed by atoms with van der Waals surface area (Å²) in [6.45, 7) is 8.93. The molecule has 2 unspecified atom stereocenters. The van der Waals surface area contributed by atoms with Gasteiger partial charge in [-0.05, 0) is 53.5 Å². The molecule has 3 aromatic carbocycles. The first-order valence-corrected chi connectivity index (χ1v) is 14.1. The molecule has 0 spiro atoms. The molecule has 0 fully saturated rings. The van der Waals surface area contributed by atoms with E-state index in [1.54, 1.807) is 42.5 Å².